The molecule has 1 aliphatic heterocycles. The van der Waals surface area contributed by atoms with Gasteiger partial charge < -0.3 is 20.8 Å². The number of guanidine groups is 1. The van der Waals surface area contributed by atoms with E-state index in [4.69, 9.17) is 16.2 Å². The van der Waals surface area contributed by atoms with Gasteiger partial charge in [-0.25, -0.2) is 0 Å². The van der Waals surface area contributed by atoms with Crippen LogP contribution in [0.2, 0.25) is 0 Å². The number of ether oxygens (including phenoxy) is 1. The number of aromatic nitrogens is 1. The SMILES string of the molecule is NC(N)=NC(=O)c1ccc2c3ccccc3n([C@H]3CCOC3)c2c1. The molecule has 1 saturated heterocycles. The van der Waals surface area contributed by atoms with Crippen molar-refractivity contribution in [1.29, 1.82) is 0 Å². The third-order valence-electron chi connectivity index (χ3n) is 4.46. The van der Waals surface area contributed by atoms with Crippen molar-refractivity contribution in [2.45, 2.75) is 12.5 Å². The molecule has 2 aromatic carbocycles. The molecule has 0 spiro atoms. The minimum absolute atomic E-state index is 0.232. The summed E-state index contributed by atoms with van der Waals surface area (Å²) in [7, 11) is 0. The topological polar surface area (TPSA) is 95.6 Å². The molecule has 4 N–H and O–H groups in total. The zero-order valence-corrected chi connectivity index (χ0v) is 13.1. The van der Waals surface area contributed by atoms with E-state index in [-0.39, 0.29) is 12.0 Å². The Morgan fingerprint density at radius 3 is 2.67 bits per heavy atom. The number of hydrogen-bond acceptors (Lipinski definition) is 2. The summed E-state index contributed by atoms with van der Waals surface area (Å²) in [6, 6.07) is 14.1. The van der Waals surface area contributed by atoms with Crippen molar-refractivity contribution in [3.8, 4) is 0 Å². The van der Waals surface area contributed by atoms with E-state index in [0.29, 0.717) is 12.2 Å². The predicted octanol–water partition coefficient (Wildman–Crippen LogP) is 2.17. The number of amides is 1. The maximum Gasteiger partial charge on any atom is 0.280 e. The highest BCUT2D eigenvalue weighted by Gasteiger charge is 2.22. The van der Waals surface area contributed by atoms with Crippen LogP contribution in [-0.2, 0) is 4.74 Å². The summed E-state index contributed by atoms with van der Waals surface area (Å²) in [6.07, 6.45) is 0.958. The molecule has 0 unspecified atom stereocenters. The third-order valence-corrected chi connectivity index (χ3v) is 4.46. The first-order valence-electron chi connectivity index (χ1n) is 7.89. The van der Waals surface area contributed by atoms with Gasteiger partial charge in [-0.15, -0.1) is 0 Å². The second kappa shape index (κ2) is 5.65. The van der Waals surface area contributed by atoms with E-state index >= 15 is 0 Å². The van der Waals surface area contributed by atoms with E-state index in [1.54, 1.807) is 6.07 Å². The number of aliphatic imine (C=N–C) groups is 1. The monoisotopic (exact) mass is 322 g/mol. The molecule has 0 radical (unpaired) electrons. The average molecular weight is 322 g/mol. The Morgan fingerprint density at radius 2 is 1.92 bits per heavy atom. The number of carbonyl (C=O) groups excluding carboxylic acids is 1. The molecule has 122 valence electrons. The van der Waals surface area contributed by atoms with Crippen molar-refractivity contribution < 1.29 is 9.53 Å². The summed E-state index contributed by atoms with van der Waals surface area (Å²) < 4.78 is 7.83. The molecule has 24 heavy (non-hydrogen) atoms. The summed E-state index contributed by atoms with van der Waals surface area (Å²) in [6.45, 7) is 1.44. The van der Waals surface area contributed by atoms with Gasteiger partial charge >= 0.3 is 0 Å². The fraction of sp³-hybridized carbons (Fsp3) is 0.222. The number of benzene rings is 2. The first-order valence-corrected chi connectivity index (χ1v) is 7.89. The Hall–Kier alpha value is -2.86. The van der Waals surface area contributed by atoms with Gasteiger partial charge in [0.1, 0.15) is 0 Å². The average Bonchev–Trinajstić information content (AvgIpc) is 3.18. The number of rotatable bonds is 2. The lowest BCUT2D eigenvalue weighted by atomic mass is 10.1. The van der Waals surface area contributed by atoms with Crippen molar-refractivity contribution >= 4 is 33.7 Å². The van der Waals surface area contributed by atoms with Gasteiger partial charge in [0.05, 0.1) is 18.2 Å². The van der Waals surface area contributed by atoms with Crippen molar-refractivity contribution in [2.75, 3.05) is 13.2 Å². The zero-order valence-electron chi connectivity index (χ0n) is 13.1. The van der Waals surface area contributed by atoms with Crippen molar-refractivity contribution in [2.24, 2.45) is 16.5 Å². The maximum absolute atomic E-state index is 12.2. The van der Waals surface area contributed by atoms with Crippen LogP contribution in [0.3, 0.4) is 0 Å². The molecule has 0 bridgehead atoms. The number of para-hydroxylation sites is 1. The van der Waals surface area contributed by atoms with Gasteiger partial charge in [-0.1, -0.05) is 24.3 Å². The number of fused-ring (bicyclic) bond motifs is 3. The largest absolute Gasteiger partial charge is 0.379 e. The summed E-state index contributed by atoms with van der Waals surface area (Å²) in [5.74, 6) is -0.666. The lowest BCUT2D eigenvalue weighted by Crippen LogP contribution is -2.24. The highest BCUT2D eigenvalue weighted by molar-refractivity contribution is 6.11. The third kappa shape index (κ3) is 2.32. The maximum atomic E-state index is 12.2. The van der Waals surface area contributed by atoms with Crippen LogP contribution < -0.4 is 11.5 Å². The first-order chi connectivity index (χ1) is 11.6. The predicted molar refractivity (Wildman–Crippen MR) is 94.1 cm³/mol. The minimum atomic E-state index is -0.434. The molecule has 1 amide bonds. The molecule has 6 nitrogen and oxygen atoms in total. The molecule has 0 aliphatic carbocycles. The van der Waals surface area contributed by atoms with E-state index in [2.05, 4.69) is 21.7 Å². The molecule has 1 aliphatic rings. The van der Waals surface area contributed by atoms with Crippen LogP contribution >= 0.6 is 0 Å². The van der Waals surface area contributed by atoms with E-state index in [1.807, 2.05) is 24.3 Å². The van der Waals surface area contributed by atoms with Gasteiger partial charge in [-0.2, -0.15) is 4.99 Å². The second-order valence-corrected chi connectivity index (χ2v) is 5.98. The summed E-state index contributed by atoms with van der Waals surface area (Å²) in [5, 5.41) is 2.28. The highest BCUT2D eigenvalue weighted by atomic mass is 16.5. The van der Waals surface area contributed by atoms with Gasteiger partial charge in [0.2, 0.25) is 0 Å². The van der Waals surface area contributed by atoms with E-state index in [0.717, 1.165) is 29.4 Å². The van der Waals surface area contributed by atoms with Crippen LogP contribution in [0.1, 0.15) is 22.8 Å². The minimum Gasteiger partial charge on any atom is -0.379 e. The van der Waals surface area contributed by atoms with Crippen LogP contribution in [0.25, 0.3) is 21.8 Å². The fourth-order valence-electron chi connectivity index (χ4n) is 3.43. The van der Waals surface area contributed by atoms with E-state index < -0.39 is 5.91 Å². The van der Waals surface area contributed by atoms with E-state index in [1.165, 1.54) is 5.39 Å². The van der Waals surface area contributed by atoms with Crippen LogP contribution in [-0.4, -0.2) is 29.6 Å². The molecule has 1 atom stereocenters. The molecule has 1 fully saturated rings. The van der Waals surface area contributed by atoms with Crippen LogP contribution in [0.15, 0.2) is 47.5 Å². The second-order valence-electron chi connectivity index (χ2n) is 5.98. The standard InChI is InChI=1S/C18H18N4O2/c19-18(20)21-17(23)11-5-6-14-13-3-1-2-4-15(13)22(16(14)9-11)12-7-8-24-10-12/h1-6,9,12H,7-8,10H2,(H4,19,20,21,23)/t12-/m0/s1. The Kier molecular flexibility index (Phi) is 3.46. The molecule has 0 saturated carbocycles. The highest BCUT2D eigenvalue weighted by Crippen LogP contribution is 2.35. The summed E-state index contributed by atoms with van der Waals surface area (Å²) in [5.41, 5.74) is 13.3. The van der Waals surface area contributed by atoms with Crippen molar-refractivity contribution in [1.82, 2.24) is 4.57 Å². The van der Waals surface area contributed by atoms with E-state index in [9.17, 15) is 4.79 Å². The van der Waals surface area contributed by atoms with Gasteiger partial charge in [-0.3, -0.25) is 4.79 Å². The number of nitrogens with zero attached hydrogens (tertiary/aromatic N) is 2. The quantitative estimate of drug-likeness (QED) is 0.558. The van der Waals surface area contributed by atoms with Gasteiger partial charge in [0.25, 0.3) is 5.91 Å². The fourth-order valence-corrected chi connectivity index (χ4v) is 3.43. The zero-order chi connectivity index (χ0) is 16.7. The number of nitrogens with two attached hydrogens (primary N) is 2. The van der Waals surface area contributed by atoms with Gasteiger partial charge in [0.15, 0.2) is 5.96 Å². The number of carbonyl (C=O) groups is 1. The lowest BCUT2D eigenvalue weighted by Gasteiger charge is -2.14. The Balaban J connectivity index is 1.97. The van der Waals surface area contributed by atoms with Crippen molar-refractivity contribution in [3.63, 3.8) is 0 Å². The summed E-state index contributed by atoms with van der Waals surface area (Å²) >= 11 is 0. The molecule has 1 aromatic heterocycles. The Bertz CT molecular complexity index is 964. The van der Waals surface area contributed by atoms with Crippen LogP contribution in [0.4, 0.5) is 0 Å². The van der Waals surface area contributed by atoms with Crippen LogP contribution in [0, 0.1) is 0 Å². The first kappa shape index (κ1) is 14.7. The van der Waals surface area contributed by atoms with Crippen LogP contribution in [0.5, 0.6) is 0 Å². The summed E-state index contributed by atoms with van der Waals surface area (Å²) in [4.78, 5) is 15.8. The van der Waals surface area contributed by atoms with Gasteiger partial charge in [0, 0.05) is 28.5 Å². The molecule has 2 heterocycles. The molecule has 3 aromatic rings. The molecule has 6 heteroatoms. The Morgan fingerprint density at radius 1 is 1.12 bits per heavy atom. The molecular formula is C18H18N4O2. The lowest BCUT2D eigenvalue weighted by molar-refractivity contribution is 0.100. The molecular weight excluding hydrogens is 304 g/mol. The number of hydrogen-bond donors (Lipinski definition) is 2. The van der Waals surface area contributed by atoms with Gasteiger partial charge in [-0.05, 0) is 24.6 Å². The molecule has 4 rings (SSSR count). The van der Waals surface area contributed by atoms with Crippen molar-refractivity contribution in [3.05, 3.63) is 48.0 Å². The normalized spacial score (nSPS) is 17.4. The Labute approximate surface area is 138 Å². The smallest absolute Gasteiger partial charge is 0.280 e.